The number of imidazole rings is 1. The molecule has 2 N–H and O–H groups in total. The summed E-state index contributed by atoms with van der Waals surface area (Å²) in [5.41, 5.74) is 9.51. The summed E-state index contributed by atoms with van der Waals surface area (Å²) in [7, 11) is 1.65. The van der Waals surface area contributed by atoms with Crippen LogP contribution in [0.1, 0.15) is 6.92 Å². The van der Waals surface area contributed by atoms with Crippen molar-refractivity contribution in [1.29, 1.82) is 0 Å². The molecule has 0 saturated heterocycles. The van der Waals surface area contributed by atoms with E-state index in [2.05, 4.69) is 16.5 Å². The monoisotopic (exact) mass is 268 g/mol. The van der Waals surface area contributed by atoms with Crippen molar-refractivity contribution in [3.63, 3.8) is 0 Å². The van der Waals surface area contributed by atoms with Crippen molar-refractivity contribution in [2.45, 2.75) is 13.5 Å². The third-order valence-corrected chi connectivity index (χ3v) is 3.36. The van der Waals surface area contributed by atoms with E-state index in [1.807, 2.05) is 24.3 Å². The maximum Gasteiger partial charge on any atom is 0.143 e. The summed E-state index contributed by atoms with van der Waals surface area (Å²) in [5, 5.41) is 0. The molecular weight excluding hydrogens is 252 g/mol. The van der Waals surface area contributed by atoms with E-state index in [0.717, 1.165) is 34.7 Å². The number of rotatable bonds is 3. The average molecular weight is 268 g/mol. The van der Waals surface area contributed by atoms with Crippen molar-refractivity contribution < 1.29 is 4.74 Å². The molecular formula is C15H16N4O. The van der Waals surface area contributed by atoms with Crippen LogP contribution in [0.15, 0.2) is 36.7 Å². The topological polar surface area (TPSA) is 66.0 Å². The fraction of sp³-hybridized carbons (Fsp3) is 0.200. The van der Waals surface area contributed by atoms with Gasteiger partial charge in [0.2, 0.25) is 0 Å². The van der Waals surface area contributed by atoms with Gasteiger partial charge < -0.3 is 15.0 Å². The van der Waals surface area contributed by atoms with Crippen molar-refractivity contribution in [2.75, 3.05) is 12.8 Å². The molecule has 0 saturated carbocycles. The van der Waals surface area contributed by atoms with E-state index in [-0.39, 0.29) is 0 Å². The quantitative estimate of drug-likeness (QED) is 0.793. The van der Waals surface area contributed by atoms with Gasteiger partial charge in [0.05, 0.1) is 30.0 Å². The molecule has 0 amide bonds. The van der Waals surface area contributed by atoms with E-state index in [4.69, 9.17) is 15.5 Å². The molecule has 0 spiro atoms. The first-order chi connectivity index (χ1) is 9.74. The van der Waals surface area contributed by atoms with Gasteiger partial charge in [-0.05, 0) is 25.1 Å². The van der Waals surface area contributed by atoms with Crippen molar-refractivity contribution in [3.05, 3.63) is 36.7 Å². The largest absolute Gasteiger partial charge is 0.497 e. The summed E-state index contributed by atoms with van der Waals surface area (Å²) in [4.78, 5) is 8.72. The number of hydrogen-bond acceptors (Lipinski definition) is 4. The van der Waals surface area contributed by atoms with E-state index in [9.17, 15) is 0 Å². The minimum atomic E-state index is 0.629. The lowest BCUT2D eigenvalue weighted by atomic mass is 10.2. The zero-order valence-corrected chi connectivity index (χ0v) is 11.5. The van der Waals surface area contributed by atoms with Gasteiger partial charge in [-0.3, -0.25) is 4.98 Å². The number of benzene rings is 1. The Kier molecular flexibility index (Phi) is 3.02. The van der Waals surface area contributed by atoms with Crippen molar-refractivity contribution in [1.82, 2.24) is 14.5 Å². The van der Waals surface area contributed by atoms with Gasteiger partial charge in [-0.1, -0.05) is 0 Å². The molecule has 102 valence electrons. The lowest BCUT2D eigenvalue weighted by molar-refractivity contribution is 0.415. The Morgan fingerprint density at radius 3 is 2.85 bits per heavy atom. The molecule has 0 aliphatic heterocycles. The lowest BCUT2D eigenvalue weighted by Crippen LogP contribution is -2.00. The predicted molar refractivity (Wildman–Crippen MR) is 79.6 cm³/mol. The number of hydrogen-bond donors (Lipinski definition) is 1. The summed E-state index contributed by atoms with van der Waals surface area (Å²) in [5.74, 6) is 1.66. The Balaban J connectivity index is 2.28. The molecule has 0 aliphatic rings. The summed E-state index contributed by atoms with van der Waals surface area (Å²) in [6.07, 6.45) is 3.38. The summed E-state index contributed by atoms with van der Waals surface area (Å²) in [6.45, 7) is 2.91. The molecule has 3 aromatic rings. The van der Waals surface area contributed by atoms with Gasteiger partial charge >= 0.3 is 0 Å². The Hall–Kier alpha value is -2.56. The number of anilines is 1. The lowest BCUT2D eigenvalue weighted by Gasteiger charge is -2.07. The van der Waals surface area contributed by atoms with Gasteiger partial charge in [-0.2, -0.15) is 0 Å². The second-order valence-corrected chi connectivity index (χ2v) is 4.50. The molecule has 3 rings (SSSR count). The van der Waals surface area contributed by atoms with E-state index >= 15 is 0 Å². The number of nitrogens with zero attached hydrogens (tertiary/aromatic N) is 3. The number of nitrogen functional groups attached to an aromatic ring is 1. The fourth-order valence-electron chi connectivity index (χ4n) is 2.37. The number of aromatic nitrogens is 3. The number of pyridine rings is 1. The predicted octanol–water partition coefficient (Wildman–Crippen LogP) is 2.71. The molecule has 5 heteroatoms. The maximum atomic E-state index is 6.01. The average Bonchev–Trinajstić information content (AvgIpc) is 2.84. The molecule has 1 aromatic carbocycles. The summed E-state index contributed by atoms with van der Waals surface area (Å²) in [6, 6.07) is 7.78. The molecule has 0 aliphatic carbocycles. The van der Waals surface area contributed by atoms with Crippen LogP contribution in [0.25, 0.3) is 22.4 Å². The first-order valence-electron chi connectivity index (χ1n) is 6.48. The highest BCUT2D eigenvalue weighted by Crippen LogP contribution is 2.29. The second kappa shape index (κ2) is 4.85. The molecule has 20 heavy (non-hydrogen) atoms. The highest BCUT2D eigenvalue weighted by Gasteiger charge is 2.14. The van der Waals surface area contributed by atoms with E-state index in [0.29, 0.717) is 5.69 Å². The van der Waals surface area contributed by atoms with Gasteiger partial charge in [0.1, 0.15) is 11.6 Å². The third-order valence-electron chi connectivity index (χ3n) is 3.36. The summed E-state index contributed by atoms with van der Waals surface area (Å²) >= 11 is 0. The Bertz CT molecular complexity index is 764. The minimum Gasteiger partial charge on any atom is -0.497 e. The highest BCUT2D eigenvalue weighted by molar-refractivity contribution is 5.84. The van der Waals surface area contributed by atoms with Gasteiger partial charge in [-0.15, -0.1) is 0 Å². The van der Waals surface area contributed by atoms with Crippen molar-refractivity contribution in [2.24, 2.45) is 0 Å². The fourth-order valence-corrected chi connectivity index (χ4v) is 2.37. The van der Waals surface area contributed by atoms with Gasteiger partial charge in [0, 0.05) is 24.4 Å². The van der Waals surface area contributed by atoms with Crippen LogP contribution < -0.4 is 10.5 Å². The SMILES string of the molecule is CCn1c(-c2ccncc2N)nc2cc(OC)ccc21. The molecule has 0 atom stereocenters. The van der Waals surface area contributed by atoms with Gasteiger partial charge in [0.25, 0.3) is 0 Å². The molecule has 2 heterocycles. The zero-order valence-electron chi connectivity index (χ0n) is 11.5. The normalized spacial score (nSPS) is 10.9. The number of ether oxygens (including phenoxy) is 1. The van der Waals surface area contributed by atoms with Crippen LogP contribution >= 0.6 is 0 Å². The Morgan fingerprint density at radius 1 is 1.30 bits per heavy atom. The number of aryl methyl sites for hydroxylation is 1. The Labute approximate surface area is 117 Å². The smallest absolute Gasteiger partial charge is 0.143 e. The highest BCUT2D eigenvalue weighted by atomic mass is 16.5. The van der Waals surface area contributed by atoms with E-state index < -0.39 is 0 Å². The van der Waals surface area contributed by atoms with E-state index in [1.54, 1.807) is 19.5 Å². The van der Waals surface area contributed by atoms with Gasteiger partial charge in [0.15, 0.2) is 0 Å². The van der Waals surface area contributed by atoms with Crippen molar-refractivity contribution in [3.8, 4) is 17.1 Å². The number of nitrogens with two attached hydrogens (primary N) is 1. The van der Waals surface area contributed by atoms with E-state index in [1.165, 1.54) is 0 Å². The third kappa shape index (κ3) is 1.87. The first-order valence-corrected chi connectivity index (χ1v) is 6.48. The van der Waals surface area contributed by atoms with Crippen LogP contribution in [0.2, 0.25) is 0 Å². The molecule has 0 radical (unpaired) electrons. The molecule has 0 unspecified atom stereocenters. The van der Waals surface area contributed by atoms with Crippen LogP contribution in [0.4, 0.5) is 5.69 Å². The van der Waals surface area contributed by atoms with Crippen LogP contribution in [0.5, 0.6) is 5.75 Å². The van der Waals surface area contributed by atoms with Crippen LogP contribution in [0.3, 0.4) is 0 Å². The number of methoxy groups -OCH3 is 1. The van der Waals surface area contributed by atoms with Crippen LogP contribution in [0, 0.1) is 0 Å². The number of fused-ring (bicyclic) bond motifs is 1. The molecule has 5 nitrogen and oxygen atoms in total. The first kappa shape index (κ1) is 12.5. The minimum absolute atomic E-state index is 0.629. The van der Waals surface area contributed by atoms with Crippen molar-refractivity contribution >= 4 is 16.7 Å². The molecule has 2 aromatic heterocycles. The van der Waals surface area contributed by atoms with Crippen LogP contribution in [-0.4, -0.2) is 21.6 Å². The Morgan fingerprint density at radius 2 is 2.15 bits per heavy atom. The maximum absolute atomic E-state index is 6.01. The summed E-state index contributed by atoms with van der Waals surface area (Å²) < 4.78 is 7.39. The molecule has 0 bridgehead atoms. The standard InChI is InChI=1S/C15H16N4O/c1-3-19-14-5-4-10(20-2)8-13(14)18-15(19)11-6-7-17-9-12(11)16/h4-9H,3,16H2,1-2H3. The molecule has 0 fully saturated rings. The van der Waals surface area contributed by atoms with Crippen LogP contribution in [-0.2, 0) is 6.54 Å². The zero-order chi connectivity index (χ0) is 14.1. The second-order valence-electron chi connectivity index (χ2n) is 4.50. The van der Waals surface area contributed by atoms with Gasteiger partial charge in [-0.25, -0.2) is 4.98 Å².